The normalized spacial score (nSPS) is 20.8. The molecule has 2 saturated heterocycles. The number of hydrogen-bond donors (Lipinski definition) is 1. The number of piperidine rings is 1. The first-order chi connectivity index (χ1) is 14.9. The minimum atomic E-state index is -1.07. The van der Waals surface area contributed by atoms with Crippen molar-refractivity contribution in [3.05, 3.63) is 65.2 Å². The van der Waals surface area contributed by atoms with Gasteiger partial charge in [0.05, 0.1) is 25.3 Å². The Kier molecular flexibility index (Phi) is 5.67. The first kappa shape index (κ1) is 20.9. The predicted molar refractivity (Wildman–Crippen MR) is 116 cm³/mol. The number of rotatable bonds is 5. The second-order valence-corrected chi connectivity index (χ2v) is 8.15. The lowest BCUT2D eigenvalue weighted by molar-refractivity contribution is -0.133. The number of urea groups is 1. The van der Waals surface area contributed by atoms with E-state index >= 15 is 0 Å². The smallest absolute Gasteiger partial charge is 0.325 e. The summed E-state index contributed by atoms with van der Waals surface area (Å²) in [6, 6.07) is 14.5. The molecule has 0 unspecified atom stereocenters. The number of carbonyl (C=O) groups excluding carboxylic acids is 3. The molecule has 2 heterocycles. The third kappa shape index (κ3) is 4.00. The molecule has 31 heavy (non-hydrogen) atoms. The van der Waals surface area contributed by atoms with Gasteiger partial charge < -0.3 is 15.0 Å². The molecule has 0 bridgehead atoms. The highest BCUT2D eigenvalue weighted by molar-refractivity contribution is 6.08. The zero-order valence-corrected chi connectivity index (χ0v) is 17.9. The van der Waals surface area contributed by atoms with E-state index < -0.39 is 11.6 Å². The number of nitrogens with one attached hydrogen (secondary N) is 1. The number of likely N-dealkylation sites (tertiary alicyclic amines) is 1. The maximum absolute atomic E-state index is 13.3. The van der Waals surface area contributed by atoms with Gasteiger partial charge in [0.1, 0.15) is 11.3 Å². The highest BCUT2D eigenvalue weighted by Crippen LogP contribution is 2.31. The minimum absolute atomic E-state index is 0.154. The van der Waals surface area contributed by atoms with Crippen molar-refractivity contribution in [3.8, 4) is 5.75 Å². The predicted octanol–water partition coefficient (Wildman–Crippen LogP) is 3.12. The Balaban J connectivity index is 1.53. The molecule has 2 fully saturated rings. The monoisotopic (exact) mass is 421 g/mol. The maximum atomic E-state index is 13.3. The van der Waals surface area contributed by atoms with Crippen molar-refractivity contribution in [3.63, 3.8) is 0 Å². The molecule has 2 aromatic rings. The van der Waals surface area contributed by atoms with Gasteiger partial charge in [-0.05, 0) is 44.4 Å². The fourth-order valence-electron chi connectivity index (χ4n) is 4.30. The van der Waals surface area contributed by atoms with Crippen molar-refractivity contribution < 1.29 is 19.1 Å². The second-order valence-electron chi connectivity index (χ2n) is 8.15. The molecule has 162 valence electrons. The minimum Gasteiger partial charge on any atom is -0.493 e. The molecule has 1 atom stereocenters. The summed E-state index contributed by atoms with van der Waals surface area (Å²) in [7, 11) is 0. The van der Waals surface area contributed by atoms with Gasteiger partial charge in [-0.2, -0.15) is 0 Å². The zero-order valence-electron chi connectivity index (χ0n) is 17.9. The Morgan fingerprint density at radius 2 is 1.87 bits per heavy atom. The van der Waals surface area contributed by atoms with Crippen LogP contribution in [0.15, 0.2) is 48.5 Å². The lowest BCUT2D eigenvalue weighted by atomic mass is 9.88. The number of ether oxygens (including phenoxy) is 1. The molecular weight excluding hydrogens is 394 g/mol. The quantitative estimate of drug-likeness (QED) is 0.753. The van der Waals surface area contributed by atoms with Gasteiger partial charge in [0.2, 0.25) is 0 Å². The molecule has 0 saturated carbocycles. The highest BCUT2D eigenvalue weighted by atomic mass is 16.5. The van der Waals surface area contributed by atoms with Crippen LogP contribution in [0.1, 0.15) is 41.3 Å². The molecule has 1 spiro atoms. The average Bonchev–Trinajstić information content (AvgIpc) is 2.99. The van der Waals surface area contributed by atoms with Crippen molar-refractivity contribution in [2.24, 2.45) is 0 Å². The zero-order chi connectivity index (χ0) is 22.0. The molecule has 4 amide bonds. The van der Waals surface area contributed by atoms with Crippen LogP contribution in [0.25, 0.3) is 0 Å². The Morgan fingerprint density at radius 3 is 2.61 bits per heavy atom. The molecule has 2 aliphatic rings. The van der Waals surface area contributed by atoms with Gasteiger partial charge in [0.25, 0.3) is 11.8 Å². The second kappa shape index (κ2) is 8.41. The molecule has 0 aromatic heterocycles. The summed E-state index contributed by atoms with van der Waals surface area (Å²) in [6.07, 6.45) is 1.14. The summed E-state index contributed by atoms with van der Waals surface area (Å²) in [5.41, 5.74) is 1.40. The van der Waals surface area contributed by atoms with Crippen LogP contribution in [0.4, 0.5) is 4.79 Å². The Morgan fingerprint density at radius 1 is 1.13 bits per heavy atom. The van der Waals surface area contributed by atoms with Gasteiger partial charge in [-0.15, -0.1) is 0 Å². The number of amides is 4. The van der Waals surface area contributed by atoms with Crippen LogP contribution in [0.5, 0.6) is 5.75 Å². The van der Waals surface area contributed by atoms with E-state index in [4.69, 9.17) is 4.74 Å². The number of imide groups is 1. The van der Waals surface area contributed by atoms with Crippen LogP contribution in [-0.4, -0.2) is 52.9 Å². The largest absolute Gasteiger partial charge is 0.493 e. The fourth-order valence-corrected chi connectivity index (χ4v) is 4.30. The summed E-state index contributed by atoms with van der Waals surface area (Å²) in [4.78, 5) is 42.1. The number of aryl methyl sites for hydroxylation is 1. The first-order valence-corrected chi connectivity index (χ1v) is 10.6. The number of benzene rings is 2. The van der Waals surface area contributed by atoms with Gasteiger partial charge in [-0.1, -0.05) is 42.0 Å². The van der Waals surface area contributed by atoms with E-state index in [1.165, 1.54) is 4.90 Å². The summed E-state index contributed by atoms with van der Waals surface area (Å²) >= 11 is 0. The van der Waals surface area contributed by atoms with Crippen LogP contribution < -0.4 is 10.1 Å². The molecule has 2 aromatic carbocycles. The van der Waals surface area contributed by atoms with E-state index in [1.807, 2.05) is 44.2 Å². The number of para-hydroxylation sites is 1. The summed E-state index contributed by atoms with van der Waals surface area (Å²) in [5, 5.41) is 2.89. The SMILES string of the molecule is CCOc1ccccc1C(=O)N1CCC[C@@]2(C1)NC(=O)N(Cc1ccc(C)cc1)C2=O. The van der Waals surface area contributed by atoms with E-state index in [9.17, 15) is 14.4 Å². The van der Waals surface area contributed by atoms with E-state index in [-0.39, 0.29) is 24.9 Å². The third-order valence-electron chi connectivity index (χ3n) is 5.90. The molecule has 7 nitrogen and oxygen atoms in total. The topological polar surface area (TPSA) is 79.0 Å². The number of hydrogen-bond acceptors (Lipinski definition) is 4. The van der Waals surface area contributed by atoms with Gasteiger partial charge in [0, 0.05) is 6.54 Å². The van der Waals surface area contributed by atoms with Crippen molar-refractivity contribution in [2.45, 2.75) is 38.8 Å². The van der Waals surface area contributed by atoms with Crippen molar-refractivity contribution in [1.82, 2.24) is 15.1 Å². The van der Waals surface area contributed by atoms with E-state index in [2.05, 4.69) is 5.32 Å². The van der Waals surface area contributed by atoms with Crippen molar-refractivity contribution in [2.75, 3.05) is 19.7 Å². The lowest BCUT2D eigenvalue weighted by Gasteiger charge is -2.38. The Bertz CT molecular complexity index is 1000. The summed E-state index contributed by atoms with van der Waals surface area (Å²) < 4.78 is 5.60. The molecule has 2 aliphatic heterocycles. The van der Waals surface area contributed by atoms with Crippen LogP contribution in [0.2, 0.25) is 0 Å². The van der Waals surface area contributed by atoms with E-state index in [0.717, 1.165) is 11.1 Å². The van der Waals surface area contributed by atoms with Gasteiger partial charge >= 0.3 is 6.03 Å². The Labute approximate surface area is 182 Å². The number of carbonyl (C=O) groups is 3. The van der Waals surface area contributed by atoms with Gasteiger partial charge in [0.15, 0.2) is 0 Å². The van der Waals surface area contributed by atoms with Crippen molar-refractivity contribution in [1.29, 1.82) is 0 Å². The highest BCUT2D eigenvalue weighted by Gasteiger charge is 2.53. The van der Waals surface area contributed by atoms with Gasteiger partial charge in [-0.3, -0.25) is 14.5 Å². The third-order valence-corrected chi connectivity index (χ3v) is 5.90. The van der Waals surface area contributed by atoms with Crippen LogP contribution >= 0.6 is 0 Å². The van der Waals surface area contributed by atoms with Crippen LogP contribution in [-0.2, 0) is 11.3 Å². The Hall–Kier alpha value is -3.35. The molecule has 0 aliphatic carbocycles. The molecule has 1 N–H and O–H groups in total. The van der Waals surface area contributed by atoms with E-state index in [0.29, 0.717) is 37.3 Å². The molecule has 4 rings (SSSR count). The molecular formula is C24H27N3O4. The number of nitrogens with zero attached hydrogens (tertiary/aromatic N) is 2. The summed E-state index contributed by atoms with van der Waals surface area (Å²) in [6.45, 7) is 5.21. The fraction of sp³-hybridized carbons (Fsp3) is 0.375. The van der Waals surface area contributed by atoms with E-state index in [1.54, 1.807) is 23.1 Å². The molecule has 0 radical (unpaired) electrons. The molecule has 7 heteroatoms. The average molecular weight is 421 g/mol. The first-order valence-electron chi connectivity index (χ1n) is 10.6. The van der Waals surface area contributed by atoms with Gasteiger partial charge in [-0.25, -0.2) is 4.79 Å². The maximum Gasteiger partial charge on any atom is 0.325 e. The van der Waals surface area contributed by atoms with Crippen LogP contribution in [0.3, 0.4) is 0 Å². The lowest BCUT2D eigenvalue weighted by Crippen LogP contribution is -2.59. The van der Waals surface area contributed by atoms with Crippen molar-refractivity contribution >= 4 is 17.8 Å². The summed E-state index contributed by atoms with van der Waals surface area (Å²) in [5.74, 6) is 0.0632. The van der Waals surface area contributed by atoms with Crippen LogP contribution in [0, 0.1) is 6.92 Å². The standard InChI is InChI=1S/C24H27N3O4/c1-3-31-20-8-5-4-7-19(20)21(28)26-14-6-13-24(16-26)22(29)27(23(30)25-24)15-18-11-9-17(2)10-12-18/h4-5,7-12H,3,6,13-16H2,1-2H3,(H,25,30)/t24-/m0/s1.